The molecule has 1 N–H and O–H groups in total. The number of allylic oxidation sites excluding steroid dienone is 1. The first kappa shape index (κ1) is 24.6. The summed E-state index contributed by atoms with van der Waals surface area (Å²) in [6.45, 7) is 8.56. The van der Waals surface area contributed by atoms with Crippen molar-refractivity contribution in [2.45, 2.75) is 26.9 Å². The smallest absolute Gasteiger partial charge is 0.161 e. The Hall–Kier alpha value is -2.70. The molecule has 2 aromatic rings. The van der Waals surface area contributed by atoms with Gasteiger partial charge in [-0.2, -0.15) is 0 Å². The molecule has 0 bridgehead atoms. The molecular formula is C25H36N2O4. The second-order valence-electron chi connectivity index (χ2n) is 7.57. The Morgan fingerprint density at radius 3 is 1.90 bits per heavy atom. The van der Waals surface area contributed by atoms with Crippen molar-refractivity contribution in [1.29, 1.82) is 0 Å². The monoisotopic (exact) mass is 428 g/mol. The van der Waals surface area contributed by atoms with E-state index in [0.29, 0.717) is 0 Å². The molecule has 6 nitrogen and oxygen atoms in total. The Kier molecular flexibility index (Phi) is 10.2. The largest absolute Gasteiger partial charge is 0.493 e. The maximum absolute atomic E-state index is 5.45. The summed E-state index contributed by atoms with van der Waals surface area (Å²) in [6, 6.07) is 12.1. The third kappa shape index (κ3) is 7.81. The van der Waals surface area contributed by atoms with E-state index in [-0.39, 0.29) is 0 Å². The minimum Gasteiger partial charge on any atom is -0.493 e. The number of methoxy groups -OCH3 is 4. The molecule has 0 atom stereocenters. The molecule has 2 rings (SSSR count). The fourth-order valence-corrected chi connectivity index (χ4v) is 3.24. The van der Waals surface area contributed by atoms with Gasteiger partial charge in [0.25, 0.3) is 0 Å². The fraction of sp³-hybridized carbons (Fsp3) is 0.440. The van der Waals surface area contributed by atoms with Crippen molar-refractivity contribution >= 4 is 0 Å². The van der Waals surface area contributed by atoms with Crippen molar-refractivity contribution in [3.63, 3.8) is 0 Å². The molecule has 0 aliphatic heterocycles. The lowest BCUT2D eigenvalue weighted by Gasteiger charge is -2.22. The van der Waals surface area contributed by atoms with Crippen LogP contribution in [0.25, 0.3) is 0 Å². The van der Waals surface area contributed by atoms with Gasteiger partial charge in [0, 0.05) is 32.7 Å². The number of rotatable bonds is 13. The molecule has 0 fully saturated rings. The molecule has 6 heteroatoms. The minimum atomic E-state index is 0.745. The average molecular weight is 429 g/mol. The van der Waals surface area contributed by atoms with Gasteiger partial charge in [0.15, 0.2) is 23.0 Å². The van der Waals surface area contributed by atoms with Crippen molar-refractivity contribution in [3.8, 4) is 23.0 Å². The molecular weight excluding hydrogens is 392 g/mol. The van der Waals surface area contributed by atoms with Crippen LogP contribution in [0, 0.1) is 0 Å². The predicted molar refractivity (Wildman–Crippen MR) is 126 cm³/mol. The second kappa shape index (κ2) is 12.9. The quantitative estimate of drug-likeness (QED) is 0.380. The zero-order valence-corrected chi connectivity index (χ0v) is 19.7. The minimum absolute atomic E-state index is 0.745. The number of hydrogen-bond donors (Lipinski definition) is 1. The van der Waals surface area contributed by atoms with Gasteiger partial charge in [-0.15, -0.1) is 0 Å². The van der Waals surface area contributed by atoms with Crippen molar-refractivity contribution in [3.05, 3.63) is 59.2 Å². The molecule has 0 aromatic heterocycles. The van der Waals surface area contributed by atoms with Crippen LogP contribution < -0.4 is 24.3 Å². The molecule has 170 valence electrons. The highest BCUT2D eigenvalue weighted by Crippen LogP contribution is 2.28. The lowest BCUT2D eigenvalue weighted by Crippen LogP contribution is -2.32. The molecule has 0 aliphatic rings. The van der Waals surface area contributed by atoms with Gasteiger partial charge in [-0.3, -0.25) is 4.90 Å². The topological polar surface area (TPSA) is 52.2 Å². The van der Waals surface area contributed by atoms with E-state index < -0.39 is 0 Å². The summed E-state index contributed by atoms with van der Waals surface area (Å²) < 4.78 is 21.5. The standard InChI is InChI=1S/C25H36N2O4/c1-19(2)11-13-27(18-21-8-10-23(29-4)25(16-21)31-6)14-12-26-17-20-7-9-22(28-3)24(15-20)30-5/h7-11,15-16,26H,12-14,17-18H2,1-6H3. The van der Waals surface area contributed by atoms with Crippen molar-refractivity contribution in [1.82, 2.24) is 10.2 Å². The molecule has 0 saturated heterocycles. The lowest BCUT2D eigenvalue weighted by molar-refractivity contribution is 0.291. The first-order chi connectivity index (χ1) is 15.0. The fourth-order valence-electron chi connectivity index (χ4n) is 3.24. The van der Waals surface area contributed by atoms with E-state index in [1.807, 2.05) is 24.3 Å². The van der Waals surface area contributed by atoms with Crippen LogP contribution in [0.15, 0.2) is 48.0 Å². The Labute approximate surface area is 186 Å². The highest BCUT2D eigenvalue weighted by molar-refractivity contribution is 5.43. The van der Waals surface area contributed by atoms with Crippen LogP contribution in [-0.2, 0) is 13.1 Å². The molecule has 0 radical (unpaired) electrons. The molecule has 0 unspecified atom stereocenters. The normalized spacial score (nSPS) is 10.7. The van der Waals surface area contributed by atoms with E-state index in [0.717, 1.165) is 61.3 Å². The number of benzene rings is 2. The number of nitrogens with one attached hydrogen (secondary N) is 1. The summed E-state index contributed by atoms with van der Waals surface area (Å²) in [5.74, 6) is 3.00. The highest BCUT2D eigenvalue weighted by Gasteiger charge is 2.09. The van der Waals surface area contributed by atoms with Gasteiger partial charge in [-0.05, 0) is 49.2 Å². The Morgan fingerprint density at radius 1 is 0.806 bits per heavy atom. The molecule has 0 heterocycles. The van der Waals surface area contributed by atoms with Crippen molar-refractivity contribution < 1.29 is 18.9 Å². The average Bonchev–Trinajstić information content (AvgIpc) is 2.79. The van der Waals surface area contributed by atoms with E-state index in [2.05, 4.69) is 42.3 Å². The Bertz CT molecular complexity index is 847. The zero-order chi connectivity index (χ0) is 22.6. The van der Waals surface area contributed by atoms with Crippen LogP contribution in [0.5, 0.6) is 23.0 Å². The summed E-state index contributed by atoms with van der Waals surface area (Å²) in [4.78, 5) is 2.41. The SMILES string of the molecule is COc1ccc(CNCCN(CC=C(C)C)Cc2ccc(OC)c(OC)c2)cc1OC. The van der Waals surface area contributed by atoms with E-state index in [1.165, 1.54) is 11.1 Å². The zero-order valence-electron chi connectivity index (χ0n) is 19.7. The van der Waals surface area contributed by atoms with Gasteiger partial charge in [0.05, 0.1) is 28.4 Å². The first-order valence-corrected chi connectivity index (χ1v) is 10.5. The van der Waals surface area contributed by atoms with Crippen LogP contribution in [0.1, 0.15) is 25.0 Å². The third-order valence-corrected chi connectivity index (χ3v) is 4.99. The second-order valence-corrected chi connectivity index (χ2v) is 7.57. The molecule has 2 aromatic carbocycles. The molecule has 31 heavy (non-hydrogen) atoms. The van der Waals surface area contributed by atoms with Gasteiger partial charge in [-0.1, -0.05) is 23.8 Å². The number of nitrogens with zero attached hydrogens (tertiary/aromatic N) is 1. The first-order valence-electron chi connectivity index (χ1n) is 10.5. The molecule has 0 aliphatic carbocycles. The number of ether oxygens (including phenoxy) is 4. The van der Waals surface area contributed by atoms with Gasteiger partial charge < -0.3 is 24.3 Å². The summed E-state index contributed by atoms with van der Waals surface area (Å²) in [6.07, 6.45) is 2.26. The summed E-state index contributed by atoms with van der Waals surface area (Å²) >= 11 is 0. The van der Waals surface area contributed by atoms with Gasteiger partial charge in [-0.25, -0.2) is 0 Å². The maximum atomic E-state index is 5.45. The van der Waals surface area contributed by atoms with Crippen molar-refractivity contribution in [2.24, 2.45) is 0 Å². The maximum Gasteiger partial charge on any atom is 0.161 e. The summed E-state index contributed by atoms with van der Waals surface area (Å²) in [7, 11) is 6.63. The summed E-state index contributed by atoms with van der Waals surface area (Å²) in [5, 5.41) is 3.53. The van der Waals surface area contributed by atoms with Gasteiger partial charge >= 0.3 is 0 Å². The van der Waals surface area contributed by atoms with Crippen LogP contribution in [0.4, 0.5) is 0 Å². The van der Waals surface area contributed by atoms with E-state index in [4.69, 9.17) is 18.9 Å². The molecule has 0 saturated carbocycles. The van der Waals surface area contributed by atoms with Crippen LogP contribution in [0.2, 0.25) is 0 Å². The lowest BCUT2D eigenvalue weighted by atomic mass is 10.1. The van der Waals surface area contributed by atoms with Gasteiger partial charge in [0.1, 0.15) is 0 Å². The van der Waals surface area contributed by atoms with Crippen LogP contribution in [0.3, 0.4) is 0 Å². The number of hydrogen-bond acceptors (Lipinski definition) is 6. The molecule has 0 amide bonds. The van der Waals surface area contributed by atoms with E-state index in [1.54, 1.807) is 28.4 Å². The van der Waals surface area contributed by atoms with Crippen LogP contribution in [-0.4, -0.2) is 53.0 Å². The van der Waals surface area contributed by atoms with Crippen molar-refractivity contribution in [2.75, 3.05) is 48.1 Å². The van der Waals surface area contributed by atoms with Gasteiger partial charge in [0.2, 0.25) is 0 Å². The Morgan fingerprint density at radius 2 is 1.35 bits per heavy atom. The summed E-state index contributed by atoms with van der Waals surface area (Å²) in [5.41, 5.74) is 3.67. The predicted octanol–water partition coefficient (Wildman–Crippen LogP) is 4.28. The Balaban J connectivity index is 1.96. The highest BCUT2D eigenvalue weighted by atomic mass is 16.5. The molecule has 0 spiro atoms. The van der Waals surface area contributed by atoms with E-state index in [9.17, 15) is 0 Å². The third-order valence-electron chi connectivity index (χ3n) is 4.99. The van der Waals surface area contributed by atoms with Crippen LogP contribution >= 0.6 is 0 Å². The van der Waals surface area contributed by atoms with E-state index >= 15 is 0 Å².